The molecule has 0 bridgehead atoms. The molecule has 1 aromatic heterocycles. The van der Waals surface area contributed by atoms with E-state index in [9.17, 15) is 4.79 Å². The van der Waals surface area contributed by atoms with Gasteiger partial charge in [-0.25, -0.2) is 4.79 Å². The molecule has 1 heterocycles. The molecule has 0 radical (unpaired) electrons. The predicted molar refractivity (Wildman–Crippen MR) is 68.2 cm³/mol. The van der Waals surface area contributed by atoms with Crippen molar-refractivity contribution in [1.82, 2.24) is 4.98 Å². The molecule has 5 heteroatoms. The van der Waals surface area contributed by atoms with Crippen LogP contribution in [0.4, 0.5) is 0 Å². The number of hydrogen-bond acceptors (Lipinski definition) is 3. The van der Waals surface area contributed by atoms with Gasteiger partial charge >= 0.3 is 5.97 Å². The van der Waals surface area contributed by atoms with Crippen molar-refractivity contribution in [1.29, 1.82) is 0 Å². The standard InChI is InChI=1S/C13H10ClNO3/c1-18-11-5-4-8(14)7-10(11)12-9(13(16)17)3-2-6-15-12/h2-7H,1H3,(H,16,17). The first-order chi connectivity index (χ1) is 8.63. The average Bonchev–Trinajstić information content (AvgIpc) is 2.38. The summed E-state index contributed by atoms with van der Waals surface area (Å²) in [6, 6.07) is 8.05. The fraction of sp³-hybridized carbons (Fsp3) is 0.0769. The van der Waals surface area contributed by atoms with Gasteiger partial charge in [-0.05, 0) is 30.3 Å². The fourth-order valence-corrected chi connectivity index (χ4v) is 1.83. The van der Waals surface area contributed by atoms with Crippen molar-refractivity contribution in [3.63, 3.8) is 0 Å². The summed E-state index contributed by atoms with van der Waals surface area (Å²) in [6.45, 7) is 0. The number of carboxylic acids is 1. The van der Waals surface area contributed by atoms with Crippen molar-refractivity contribution in [3.8, 4) is 17.0 Å². The lowest BCUT2D eigenvalue weighted by Gasteiger charge is -2.10. The summed E-state index contributed by atoms with van der Waals surface area (Å²) in [7, 11) is 1.51. The number of aromatic carboxylic acids is 1. The lowest BCUT2D eigenvalue weighted by molar-refractivity contribution is 0.0697. The Morgan fingerprint density at radius 3 is 2.83 bits per heavy atom. The molecule has 0 fully saturated rings. The van der Waals surface area contributed by atoms with Gasteiger partial charge in [0.1, 0.15) is 5.75 Å². The first-order valence-corrected chi connectivity index (χ1v) is 5.53. The molecular weight excluding hydrogens is 254 g/mol. The second-order valence-electron chi connectivity index (χ2n) is 3.55. The van der Waals surface area contributed by atoms with E-state index in [4.69, 9.17) is 21.4 Å². The minimum atomic E-state index is -1.04. The quantitative estimate of drug-likeness (QED) is 0.924. The Morgan fingerprint density at radius 1 is 1.39 bits per heavy atom. The molecule has 0 saturated heterocycles. The normalized spacial score (nSPS) is 10.1. The monoisotopic (exact) mass is 263 g/mol. The first kappa shape index (κ1) is 12.4. The number of aromatic nitrogens is 1. The lowest BCUT2D eigenvalue weighted by Crippen LogP contribution is -2.02. The molecule has 0 spiro atoms. The lowest BCUT2D eigenvalue weighted by atomic mass is 10.0. The summed E-state index contributed by atoms with van der Waals surface area (Å²) in [5.41, 5.74) is 1.01. The maximum absolute atomic E-state index is 11.2. The Bertz CT molecular complexity index is 599. The second-order valence-corrected chi connectivity index (χ2v) is 3.99. The van der Waals surface area contributed by atoms with Gasteiger partial charge in [-0.1, -0.05) is 11.6 Å². The number of rotatable bonds is 3. The highest BCUT2D eigenvalue weighted by Crippen LogP contribution is 2.33. The highest BCUT2D eigenvalue weighted by atomic mass is 35.5. The van der Waals surface area contributed by atoms with E-state index in [-0.39, 0.29) is 5.56 Å². The van der Waals surface area contributed by atoms with Crippen LogP contribution in [0.5, 0.6) is 5.75 Å². The third-order valence-electron chi connectivity index (χ3n) is 2.45. The van der Waals surface area contributed by atoms with Crippen LogP contribution in [0.25, 0.3) is 11.3 Å². The molecule has 1 N–H and O–H groups in total. The number of benzene rings is 1. The smallest absolute Gasteiger partial charge is 0.337 e. The highest BCUT2D eigenvalue weighted by molar-refractivity contribution is 6.31. The molecule has 1 aromatic carbocycles. The molecule has 0 unspecified atom stereocenters. The van der Waals surface area contributed by atoms with Crippen molar-refractivity contribution in [2.45, 2.75) is 0 Å². The summed E-state index contributed by atoms with van der Waals surface area (Å²) in [4.78, 5) is 15.3. The van der Waals surface area contributed by atoms with Crippen LogP contribution in [0, 0.1) is 0 Å². The molecule has 0 aliphatic heterocycles. The second kappa shape index (κ2) is 5.06. The Labute approximate surface area is 109 Å². The number of methoxy groups -OCH3 is 1. The third kappa shape index (κ3) is 2.28. The zero-order chi connectivity index (χ0) is 13.1. The van der Waals surface area contributed by atoms with Gasteiger partial charge in [0.25, 0.3) is 0 Å². The maximum atomic E-state index is 11.2. The van der Waals surface area contributed by atoms with Crippen LogP contribution < -0.4 is 4.74 Å². The van der Waals surface area contributed by atoms with Gasteiger partial charge in [-0.2, -0.15) is 0 Å². The number of carbonyl (C=O) groups is 1. The van der Waals surface area contributed by atoms with Crippen LogP contribution in [0.3, 0.4) is 0 Å². The Kier molecular flexibility index (Phi) is 3.48. The summed E-state index contributed by atoms with van der Waals surface area (Å²) >= 11 is 5.92. The van der Waals surface area contributed by atoms with E-state index in [1.165, 1.54) is 19.4 Å². The van der Waals surface area contributed by atoms with Crippen molar-refractivity contribution >= 4 is 17.6 Å². The molecule has 4 nitrogen and oxygen atoms in total. The van der Waals surface area contributed by atoms with Gasteiger partial charge in [0.15, 0.2) is 0 Å². The van der Waals surface area contributed by atoms with E-state index in [0.29, 0.717) is 22.0 Å². The molecule has 18 heavy (non-hydrogen) atoms. The van der Waals surface area contributed by atoms with Gasteiger partial charge in [-0.3, -0.25) is 4.98 Å². The van der Waals surface area contributed by atoms with Crippen LogP contribution >= 0.6 is 11.6 Å². The summed E-state index contributed by atoms with van der Waals surface area (Å²) < 4.78 is 5.20. The van der Waals surface area contributed by atoms with Crippen LogP contribution in [-0.4, -0.2) is 23.2 Å². The Balaban J connectivity index is 2.68. The number of nitrogens with zero attached hydrogens (tertiary/aromatic N) is 1. The van der Waals surface area contributed by atoms with Crippen LogP contribution in [0.15, 0.2) is 36.5 Å². The van der Waals surface area contributed by atoms with Crippen molar-refractivity contribution in [2.75, 3.05) is 7.11 Å². The van der Waals surface area contributed by atoms with E-state index in [0.717, 1.165) is 0 Å². The molecule has 0 amide bonds. The predicted octanol–water partition coefficient (Wildman–Crippen LogP) is 3.11. The Hall–Kier alpha value is -2.07. The number of hydrogen-bond donors (Lipinski definition) is 1. The van der Waals surface area contributed by atoms with Crippen LogP contribution in [0.1, 0.15) is 10.4 Å². The van der Waals surface area contributed by atoms with E-state index in [1.807, 2.05) is 0 Å². The van der Waals surface area contributed by atoms with E-state index >= 15 is 0 Å². The van der Waals surface area contributed by atoms with Crippen LogP contribution in [0.2, 0.25) is 5.02 Å². The van der Waals surface area contributed by atoms with Gasteiger partial charge in [0.05, 0.1) is 18.4 Å². The zero-order valence-electron chi connectivity index (χ0n) is 9.55. The van der Waals surface area contributed by atoms with E-state index in [1.54, 1.807) is 24.3 Å². The zero-order valence-corrected chi connectivity index (χ0v) is 10.3. The Morgan fingerprint density at radius 2 is 2.17 bits per heavy atom. The van der Waals surface area contributed by atoms with Crippen LogP contribution in [-0.2, 0) is 0 Å². The number of halogens is 1. The molecule has 0 aliphatic carbocycles. The molecule has 0 atom stereocenters. The average molecular weight is 264 g/mol. The molecule has 2 rings (SSSR count). The summed E-state index contributed by atoms with van der Waals surface area (Å²) in [5.74, 6) is -0.513. The number of ether oxygens (including phenoxy) is 1. The van der Waals surface area contributed by atoms with Gasteiger partial charge < -0.3 is 9.84 Å². The minimum Gasteiger partial charge on any atom is -0.496 e. The molecule has 92 valence electrons. The minimum absolute atomic E-state index is 0.109. The topological polar surface area (TPSA) is 59.4 Å². The first-order valence-electron chi connectivity index (χ1n) is 5.15. The van der Waals surface area contributed by atoms with E-state index in [2.05, 4.69) is 4.98 Å². The summed E-state index contributed by atoms with van der Waals surface area (Å²) in [5, 5.41) is 9.64. The molecule has 2 aromatic rings. The van der Waals surface area contributed by atoms with Crippen molar-refractivity contribution in [2.24, 2.45) is 0 Å². The number of carboxylic acid groups (broad SMARTS) is 1. The maximum Gasteiger partial charge on any atom is 0.337 e. The SMILES string of the molecule is COc1ccc(Cl)cc1-c1ncccc1C(=O)O. The van der Waals surface area contributed by atoms with Gasteiger partial charge in [-0.15, -0.1) is 0 Å². The fourth-order valence-electron chi connectivity index (χ4n) is 1.66. The van der Waals surface area contributed by atoms with Gasteiger partial charge in [0.2, 0.25) is 0 Å². The van der Waals surface area contributed by atoms with Crippen molar-refractivity contribution in [3.05, 3.63) is 47.1 Å². The van der Waals surface area contributed by atoms with Gasteiger partial charge in [0, 0.05) is 16.8 Å². The molecular formula is C13H10ClNO3. The molecule has 0 saturated carbocycles. The van der Waals surface area contributed by atoms with Crippen molar-refractivity contribution < 1.29 is 14.6 Å². The summed E-state index contributed by atoms with van der Waals surface area (Å²) in [6.07, 6.45) is 1.53. The largest absolute Gasteiger partial charge is 0.496 e. The highest BCUT2D eigenvalue weighted by Gasteiger charge is 2.16. The number of pyridine rings is 1. The third-order valence-corrected chi connectivity index (χ3v) is 2.69. The van der Waals surface area contributed by atoms with E-state index < -0.39 is 5.97 Å². The molecule has 0 aliphatic rings.